The van der Waals surface area contributed by atoms with Crippen LogP contribution in [0.4, 0.5) is 0 Å². The van der Waals surface area contributed by atoms with Crippen LogP contribution in [-0.4, -0.2) is 29.1 Å². The first-order valence-corrected chi connectivity index (χ1v) is 8.51. The third kappa shape index (κ3) is 3.39. The van der Waals surface area contributed by atoms with Gasteiger partial charge >= 0.3 is 0 Å². The maximum atomic E-state index is 12.3. The number of amides is 1. The minimum absolute atomic E-state index is 0.0582. The van der Waals surface area contributed by atoms with Crippen LogP contribution in [-0.2, 0) is 4.79 Å². The molecule has 2 aromatic rings. The Balaban J connectivity index is 1.58. The van der Waals surface area contributed by atoms with Gasteiger partial charge in [0, 0.05) is 10.9 Å². The molecule has 1 fully saturated rings. The van der Waals surface area contributed by atoms with Gasteiger partial charge in [0.2, 0.25) is 5.91 Å². The molecule has 2 atom stereocenters. The molecule has 22 heavy (non-hydrogen) atoms. The van der Waals surface area contributed by atoms with E-state index in [0.29, 0.717) is 6.54 Å². The second kappa shape index (κ2) is 6.62. The van der Waals surface area contributed by atoms with E-state index in [4.69, 9.17) is 4.52 Å². The first-order valence-electron chi connectivity index (χ1n) is 7.63. The lowest BCUT2D eigenvalue weighted by Crippen LogP contribution is -2.37. The molecule has 5 nitrogen and oxygen atoms in total. The highest BCUT2D eigenvalue weighted by Crippen LogP contribution is 2.31. The fourth-order valence-corrected chi connectivity index (χ4v) is 3.71. The zero-order valence-electron chi connectivity index (χ0n) is 12.9. The quantitative estimate of drug-likeness (QED) is 0.920. The minimum atomic E-state index is 0.0582. The molecule has 0 spiro atoms. The standard InChI is InChI=1S/C16H21N3O2S/c1-11-9-13(18-21-11)14-5-3-7-19(14)10-16(20)17-12(2)15-6-4-8-22-15/h4,6,8-9,12,14H,3,5,7,10H2,1-2H3,(H,17,20). The Bertz CT molecular complexity index is 623. The van der Waals surface area contributed by atoms with E-state index in [9.17, 15) is 4.79 Å². The van der Waals surface area contributed by atoms with Crippen LogP contribution in [0.2, 0.25) is 0 Å². The summed E-state index contributed by atoms with van der Waals surface area (Å²) in [5.74, 6) is 0.880. The number of aryl methyl sites for hydroxylation is 1. The number of carbonyl (C=O) groups is 1. The van der Waals surface area contributed by atoms with Crippen LogP contribution in [0.5, 0.6) is 0 Å². The fourth-order valence-electron chi connectivity index (χ4n) is 2.97. The maximum absolute atomic E-state index is 12.3. The average Bonchev–Trinajstić information content (AvgIpc) is 3.18. The van der Waals surface area contributed by atoms with Gasteiger partial charge in [-0.1, -0.05) is 11.2 Å². The number of rotatable bonds is 5. The van der Waals surface area contributed by atoms with Crippen molar-refractivity contribution in [2.45, 2.75) is 38.8 Å². The molecular formula is C16H21N3O2S. The molecule has 1 aliphatic heterocycles. The molecule has 1 aliphatic rings. The average molecular weight is 319 g/mol. The predicted octanol–water partition coefficient (Wildman–Crippen LogP) is 3.06. The van der Waals surface area contributed by atoms with E-state index >= 15 is 0 Å². The summed E-state index contributed by atoms with van der Waals surface area (Å²) in [6.45, 7) is 5.25. The van der Waals surface area contributed by atoms with Crippen LogP contribution < -0.4 is 5.32 Å². The lowest BCUT2D eigenvalue weighted by atomic mass is 10.1. The van der Waals surface area contributed by atoms with E-state index < -0.39 is 0 Å². The lowest BCUT2D eigenvalue weighted by molar-refractivity contribution is -0.123. The summed E-state index contributed by atoms with van der Waals surface area (Å²) in [4.78, 5) is 15.7. The topological polar surface area (TPSA) is 58.4 Å². The zero-order valence-corrected chi connectivity index (χ0v) is 13.7. The van der Waals surface area contributed by atoms with Gasteiger partial charge in [-0.05, 0) is 44.7 Å². The van der Waals surface area contributed by atoms with Crippen LogP contribution >= 0.6 is 11.3 Å². The highest BCUT2D eigenvalue weighted by molar-refractivity contribution is 7.10. The minimum Gasteiger partial charge on any atom is -0.361 e. The number of thiophene rings is 1. The molecule has 118 valence electrons. The molecule has 3 heterocycles. The largest absolute Gasteiger partial charge is 0.361 e. The SMILES string of the molecule is Cc1cc(C2CCCN2CC(=O)NC(C)c2cccs2)no1. The number of likely N-dealkylation sites (tertiary alicyclic amines) is 1. The summed E-state index contributed by atoms with van der Waals surface area (Å²) < 4.78 is 5.17. The van der Waals surface area contributed by atoms with Crippen molar-refractivity contribution in [2.24, 2.45) is 0 Å². The summed E-state index contributed by atoms with van der Waals surface area (Å²) in [6, 6.07) is 6.27. The molecule has 0 aliphatic carbocycles. The Labute approximate surface area is 134 Å². The number of aromatic nitrogens is 1. The third-order valence-electron chi connectivity index (χ3n) is 4.05. The molecule has 1 N–H and O–H groups in total. The number of nitrogens with zero attached hydrogens (tertiary/aromatic N) is 2. The molecule has 3 rings (SSSR count). The molecule has 0 saturated carbocycles. The van der Waals surface area contributed by atoms with Crippen LogP contribution in [0.15, 0.2) is 28.1 Å². The van der Waals surface area contributed by atoms with Crippen LogP contribution in [0.3, 0.4) is 0 Å². The third-order valence-corrected chi connectivity index (χ3v) is 5.10. The lowest BCUT2D eigenvalue weighted by Gasteiger charge is -2.23. The van der Waals surface area contributed by atoms with E-state index in [-0.39, 0.29) is 18.0 Å². The van der Waals surface area contributed by atoms with Crippen LogP contribution in [0.25, 0.3) is 0 Å². The normalized spacial score (nSPS) is 20.2. The number of carbonyl (C=O) groups excluding carboxylic acids is 1. The highest BCUT2D eigenvalue weighted by atomic mass is 32.1. The van der Waals surface area contributed by atoms with Crippen molar-refractivity contribution >= 4 is 17.2 Å². The predicted molar refractivity (Wildman–Crippen MR) is 85.7 cm³/mol. The van der Waals surface area contributed by atoms with Crippen LogP contribution in [0, 0.1) is 6.92 Å². The Morgan fingerprint density at radius 2 is 2.50 bits per heavy atom. The van der Waals surface area contributed by atoms with E-state index in [1.807, 2.05) is 37.4 Å². The van der Waals surface area contributed by atoms with Gasteiger partial charge in [-0.3, -0.25) is 9.69 Å². The molecule has 0 radical (unpaired) electrons. The van der Waals surface area contributed by atoms with Crippen molar-refractivity contribution in [1.29, 1.82) is 0 Å². The van der Waals surface area contributed by atoms with Gasteiger partial charge in [0.1, 0.15) is 11.5 Å². The van der Waals surface area contributed by atoms with E-state index in [1.54, 1.807) is 11.3 Å². The monoisotopic (exact) mass is 319 g/mol. The van der Waals surface area contributed by atoms with Crippen molar-refractivity contribution in [2.75, 3.05) is 13.1 Å². The van der Waals surface area contributed by atoms with Crippen LogP contribution in [0.1, 0.15) is 48.2 Å². The molecule has 0 aromatic carbocycles. The summed E-state index contributed by atoms with van der Waals surface area (Å²) >= 11 is 1.67. The second-order valence-corrected chi connectivity index (χ2v) is 6.77. The number of hydrogen-bond donors (Lipinski definition) is 1. The van der Waals surface area contributed by atoms with Gasteiger partial charge in [-0.2, -0.15) is 0 Å². The molecule has 0 bridgehead atoms. The summed E-state index contributed by atoms with van der Waals surface area (Å²) in [6.07, 6.45) is 2.12. The first kappa shape index (κ1) is 15.2. The second-order valence-electron chi connectivity index (χ2n) is 5.80. The molecule has 2 unspecified atom stereocenters. The Morgan fingerprint density at radius 3 is 3.18 bits per heavy atom. The van der Waals surface area contributed by atoms with Crippen molar-refractivity contribution < 1.29 is 9.32 Å². The van der Waals surface area contributed by atoms with E-state index in [0.717, 1.165) is 30.8 Å². The number of hydrogen-bond acceptors (Lipinski definition) is 5. The van der Waals surface area contributed by atoms with Gasteiger partial charge in [0.15, 0.2) is 0 Å². The van der Waals surface area contributed by atoms with Gasteiger partial charge in [-0.25, -0.2) is 0 Å². The molecule has 1 amide bonds. The summed E-state index contributed by atoms with van der Waals surface area (Å²) in [5.41, 5.74) is 0.939. The van der Waals surface area contributed by atoms with Crippen molar-refractivity contribution in [3.8, 4) is 0 Å². The summed E-state index contributed by atoms with van der Waals surface area (Å²) in [7, 11) is 0. The molecule has 6 heteroatoms. The number of nitrogens with one attached hydrogen (secondary N) is 1. The molecular weight excluding hydrogens is 298 g/mol. The van der Waals surface area contributed by atoms with Crippen molar-refractivity contribution in [1.82, 2.24) is 15.4 Å². The zero-order chi connectivity index (χ0) is 15.5. The maximum Gasteiger partial charge on any atom is 0.234 e. The summed E-state index contributed by atoms with van der Waals surface area (Å²) in [5, 5.41) is 9.21. The Kier molecular flexibility index (Phi) is 4.59. The molecule has 1 saturated heterocycles. The van der Waals surface area contributed by atoms with Crippen molar-refractivity contribution in [3.05, 3.63) is 39.9 Å². The van der Waals surface area contributed by atoms with Crippen molar-refractivity contribution in [3.63, 3.8) is 0 Å². The fraction of sp³-hybridized carbons (Fsp3) is 0.500. The van der Waals surface area contributed by atoms with E-state index in [2.05, 4.69) is 15.4 Å². The highest BCUT2D eigenvalue weighted by Gasteiger charge is 2.30. The van der Waals surface area contributed by atoms with Gasteiger partial charge in [0.05, 0.1) is 18.6 Å². The smallest absolute Gasteiger partial charge is 0.234 e. The van der Waals surface area contributed by atoms with Gasteiger partial charge < -0.3 is 9.84 Å². The Hall–Kier alpha value is -1.66. The van der Waals surface area contributed by atoms with Gasteiger partial charge in [-0.15, -0.1) is 11.3 Å². The Morgan fingerprint density at radius 1 is 1.64 bits per heavy atom. The molecule has 2 aromatic heterocycles. The van der Waals surface area contributed by atoms with E-state index in [1.165, 1.54) is 4.88 Å². The van der Waals surface area contributed by atoms with Gasteiger partial charge in [0.25, 0.3) is 0 Å². The first-order chi connectivity index (χ1) is 10.6.